The van der Waals surface area contributed by atoms with Gasteiger partial charge >= 0.3 is 5.69 Å². The number of aromatic nitrogens is 4. The predicted octanol–water partition coefficient (Wildman–Crippen LogP) is -0.0826. The molecule has 0 saturated heterocycles. The van der Waals surface area contributed by atoms with Gasteiger partial charge in [-0.15, -0.1) is 0 Å². The van der Waals surface area contributed by atoms with Gasteiger partial charge in [0.1, 0.15) is 11.3 Å². The second-order valence-corrected chi connectivity index (χ2v) is 4.84. The fraction of sp³-hybridized carbons (Fsp3) is 0.545. The number of rotatable bonds is 3. The molecule has 18 heavy (non-hydrogen) atoms. The molecule has 0 fully saturated rings. The molecule has 0 aliphatic rings. The Balaban J connectivity index is 2.58. The summed E-state index contributed by atoms with van der Waals surface area (Å²) >= 11 is 0. The van der Waals surface area contributed by atoms with E-state index in [0.29, 0.717) is 23.4 Å². The number of hydrogen-bond donors (Lipinski definition) is 2. The monoisotopic (exact) mass is 252 g/mol. The van der Waals surface area contributed by atoms with Crippen molar-refractivity contribution < 1.29 is 4.74 Å². The topological polar surface area (TPSA) is 92.8 Å². The summed E-state index contributed by atoms with van der Waals surface area (Å²) in [6, 6.07) is 0. The van der Waals surface area contributed by atoms with Gasteiger partial charge in [0.25, 0.3) is 5.56 Å². The second kappa shape index (κ2) is 4.09. The van der Waals surface area contributed by atoms with Crippen LogP contribution in [0.2, 0.25) is 0 Å². The number of nitrogens with one attached hydrogen (secondary N) is 2. The molecule has 0 unspecified atom stereocenters. The first-order valence-electron chi connectivity index (χ1n) is 5.57. The number of fused-ring (bicyclic) bond motifs is 1. The zero-order chi connectivity index (χ0) is 13.5. The molecule has 98 valence electrons. The average molecular weight is 252 g/mol. The Labute approximate surface area is 103 Å². The highest BCUT2D eigenvalue weighted by Crippen LogP contribution is 2.15. The van der Waals surface area contributed by atoms with Crippen molar-refractivity contribution in [1.82, 2.24) is 19.5 Å². The molecule has 2 N–H and O–H groups in total. The third-order valence-corrected chi connectivity index (χ3v) is 2.95. The zero-order valence-corrected chi connectivity index (χ0v) is 10.8. The highest BCUT2D eigenvalue weighted by Gasteiger charge is 2.20. The lowest BCUT2D eigenvalue weighted by Crippen LogP contribution is -2.28. The van der Waals surface area contributed by atoms with E-state index < -0.39 is 11.2 Å². The van der Waals surface area contributed by atoms with Gasteiger partial charge in [-0.25, -0.2) is 9.78 Å². The largest absolute Gasteiger partial charge is 0.378 e. The van der Waals surface area contributed by atoms with Crippen molar-refractivity contribution in [2.75, 3.05) is 7.11 Å². The Bertz CT molecular complexity index is 692. The van der Waals surface area contributed by atoms with Crippen molar-refractivity contribution in [3.8, 4) is 0 Å². The van der Waals surface area contributed by atoms with E-state index in [2.05, 4.69) is 15.0 Å². The van der Waals surface area contributed by atoms with Gasteiger partial charge < -0.3 is 9.72 Å². The molecule has 0 radical (unpaired) electrons. The van der Waals surface area contributed by atoms with Crippen LogP contribution in [0.3, 0.4) is 0 Å². The van der Waals surface area contributed by atoms with Gasteiger partial charge in [-0.1, -0.05) is 0 Å². The van der Waals surface area contributed by atoms with Crippen LogP contribution in [0, 0.1) is 0 Å². The molecule has 0 amide bonds. The van der Waals surface area contributed by atoms with Crippen LogP contribution in [0.15, 0.2) is 9.59 Å². The molecular weight excluding hydrogens is 236 g/mol. The molecule has 0 bridgehead atoms. The summed E-state index contributed by atoms with van der Waals surface area (Å²) in [5, 5.41) is 0. The molecule has 0 saturated carbocycles. The lowest BCUT2D eigenvalue weighted by Gasteiger charge is -2.20. The number of aromatic amines is 2. The molecule has 7 heteroatoms. The Kier molecular flexibility index (Phi) is 2.86. The van der Waals surface area contributed by atoms with Crippen LogP contribution in [-0.2, 0) is 18.2 Å². The third-order valence-electron chi connectivity index (χ3n) is 2.95. The van der Waals surface area contributed by atoms with Crippen LogP contribution in [0.5, 0.6) is 0 Å². The zero-order valence-electron chi connectivity index (χ0n) is 10.8. The number of hydrogen-bond acceptors (Lipinski definition) is 4. The summed E-state index contributed by atoms with van der Waals surface area (Å²) in [6.45, 7) is 3.84. The maximum Gasteiger partial charge on any atom is 0.329 e. The van der Waals surface area contributed by atoms with Crippen molar-refractivity contribution in [3.05, 3.63) is 26.7 Å². The van der Waals surface area contributed by atoms with Crippen LogP contribution in [-0.4, -0.2) is 32.2 Å². The number of imidazole rings is 1. The highest BCUT2D eigenvalue weighted by atomic mass is 16.5. The van der Waals surface area contributed by atoms with Crippen molar-refractivity contribution in [1.29, 1.82) is 0 Å². The standard InChI is InChI=1S/C11H16N4O3/c1-11(2,18-4)5-6-12-7-8(13-6)15(3)10(17)14-9(7)16/h5H2,1-4H3,(H,12,13)(H,14,16,17). The van der Waals surface area contributed by atoms with Gasteiger partial charge in [-0.2, -0.15) is 0 Å². The van der Waals surface area contributed by atoms with E-state index in [1.807, 2.05) is 13.8 Å². The molecule has 2 rings (SSSR count). The normalized spacial score (nSPS) is 12.2. The number of methoxy groups -OCH3 is 1. The Morgan fingerprint density at radius 2 is 2.00 bits per heavy atom. The molecule has 7 nitrogen and oxygen atoms in total. The fourth-order valence-electron chi connectivity index (χ4n) is 1.71. The molecule has 2 aromatic rings. The SMILES string of the molecule is COC(C)(C)Cc1nc2c([nH]1)c(=O)[nH]c(=O)n2C. The first-order chi connectivity index (χ1) is 8.34. The molecular formula is C11H16N4O3. The lowest BCUT2D eigenvalue weighted by atomic mass is 10.1. The maximum atomic E-state index is 11.6. The Morgan fingerprint density at radius 1 is 1.33 bits per heavy atom. The van der Waals surface area contributed by atoms with E-state index in [1.54, 1.807) is 14.2 Å². The summed E-state index contributed by atoms with van der Waals surface area (Å²) in [4.78, 5) is 32.5. The minimum absolute atomic E-state index is 0.305. The van der Waals surface area contributed by atoms with E-state index in [9.17, 15) is 9.59 Å². The number of aryl methyl sites for hydroxylation is 1. The summed E-state index contributed by atoms with van der Waals surface area (Å²) in [6.07, 6.45) is 0.520. The molecule has 0 aromatic carbocycles. The highest BCUT2D eigenvalue weighted by molar-refractivity contribution is 5.69. The number of H-pyrrole nitrogens is 2. The van der Waals surface area contributed by atoms with Crippen molar-refractivity contribution >= 4 is 11.2 Å². The van der Waals surface area contributed by atoms with Crippen molar-refractivity contribution in [2.45, 2.75) is 25.9 Å². The van der Waals surface area contributed by atoms with Gasteiger partial charge in [-0.3, -0.25) is 14.3 Å². The first kappa shape index (κ1) is 12.6. The minimum Gasteiger partial charge on any atom is -0.378 e. The number of ether oxygens (including phenoxy) is 1. The van der Waals surface area contributed by atoms with Crippen molar-refractivity contribution in [2.24, 2.45) is 7.05 Å². The minimum atomic E-state index is -0.475. The van der Waals surface area contributed by atoms with Gasteiger partial charge in [-0.05, 0) is 13.8 Å². The molecule has 2 aromatic heterocycles. The summed E-state index contributed by atoms with van der Waals surface area (Å²) in [7, 11) is 3.18. The van der Waals surface area contributed by atoms with Crippen molar-refractivity contribution in [3.63, 3.8) is 0 Å². The van der Waals surface area contributed by atoms with Gasteiger partial charge in [0.2, 0.25) is 0 Å². The maximum absolute atomic E-state index is 11.6. The van der Waals surface area contributed by atoms with Crippen LogP contribution >= 0.6 is 0 Å². The molecule has 2 heterocycles. The predicted molar refractivity (Wildman–Crippen MR) is 66.7 cm³/mol. The summed E-state index contributed by atoms with van der Waals surface area (Å²) in [5.74, 6) is 0.614. The van der Waals surface area contributed by atoms with Crippen LogP contribution in [0.1, 0.15) is 19.7 Å². The molecule has 0 aliphatic heterocycles. The third kappa shape index (κ3) is 2.08. The Morgan fingerprint density at radius 3 is 2.61 bits per heavy atom. The Hall–Kier alpha value is -1.89. The van der Waals surface area contributed by atoms with Crippen LogP contribution in [0.25, 0.3) is 11.2 Å². The van der Waals surface area contributed by atoms with Gasteiger partial charge in [0.15, 0.2) is 5.65 Å². The quantitative estimate of drug-likeness (QED) is 0.799. The molecule has 0 aliphatic carbocycles. The average Bonchev–Trinajstić information content (AvgIpc) is 2.70. The van der Waals surface area contributed by atoms with E-state index in [4.69, 9.17) is 4.74 Å². The summed E-state index contributed by atoms with van der Waals surface area (Å²) < 4.78 is 6.61. The van der Waals surface area contributed by atoms with E-state index in [-0.39, 0.29) is 5.60 Å². The van der Waals surface area contributed by atoms with Crippen LogP contribution < -0.4 is 11.2 Å². The lowest BCUT2D eigenvalue weighted by molar-refractivity contribution is 0.0218. The van der Waals surface area contributed by atoms with E-state index in [1.165, 1.54) is 4.57 Å². The summed E-state index contributed by atoms with van der Waals surface area (Å²) in [5.41, 5.74) is -0.664. The van der Waals surface area contributed by atoms with Gasteiger partial charge in [0, 0.05) is 20.6 Å². The number of nitrogens with zero attached hydrogens (tertiary/aromatic N) is 2. The fourth-order valence-corrected chi connectivity index (χ4v) is 1.71. The molecule has 0 atom stereocenters. The first-order valence-corrected chi connectivity index (χ1v) is 5.57. The van der Waals surface area contributed by atoms with Crippen LogP contribution in [0.4, 0.5) is 0 Å². The second-order valence-electron chi connectivity index (χ2n) is 4.84. The smallest absolute Gasteiger partial charge is 0.329 e. The van der Waals surface area contributed by atoms with Gasteiger partial charge in [0.05, 0.1) is 5.60 Å². The van der Waals surface area contributed by atoms with E-state index in [0.717, 1.165) is 0 Å². The molecule has 0 spiro atoms. The van der Waals surface area contributed by atoms with E-state index >= 15 is 0 Å².